The van der Waals surface area contributed by atoms with E-state index in [2.05, 4.69) is 6.92 Å². The van der Waals surface area contributed by atoms with Crippen molar-refractivity contribution in [1.82, 2.24) is 0 Å². The molecule has 0 unspecified atom stereocenters. The fraction of sp³-hybridized carbons (Fsp3) is 0.538. The van der Waals surface area contributed by atoms with Gasteiger partial charge in [0.2, 0.25) is 6.43 Å². The fourth-order valence-electron chi connectivity index (χ4n) is 1.59. The number of hydrogen-bond donors (Lipinski definition) is 2. The van der Waals surface area contributed by atoms with Gasteiger partial charge in [0.25, 0.3) is 0 Å². The van der Waals surface area contributed by atoms with E-state index in [0.717, 1.165) is 5.92 Å². The lowest BCUT2D eigenvalue weighted by Crippen LogP contribution is -2.04. The van der Waals surface area contributed by atoms with E-state index in [1.807, 2.05) is 0 Å². The molecule has 1 fully saturated rings. The first-order valence-electron chi connectivity index (χ1n) is 5.91. The summed E-state index contributed by atoms with van der Waals surface area (Å²) in [5.41, 5.74) is 11.9. The number of nitrogens with two attached hydrogens (primary N) is 2. The predicted molar refractivity (Wildman–Crippen MR) is 68.0 cm³/mol. The van der Waals surface area contributed by atoms with Crippen LogP contribution in [0.4, 0.5) is 20.2 Å². The number of halogens is 2. The van der Waals surface area contributed by atoms with Gasteiger partial charge in [0.1, 0.15) is 0 Å². The topological polar surface area (TPSA) is 52.0 Å². The molecule has 0 heterocycles. The summed E-state index contributed by atoms with van der Waals surface area (Å²) in [6.07, 6.45) is 1.74. The van der Waals surface area contributed by atoms with E-state index >= 15 is 0 Å². The first-order valence-corrected chi connectivity index (χ1v) is 5.91. The minimum Gasteiger partial charge on any atom is -0.397 e. The Balaban J connectivity index is 0.000000239. The van der Waals surface area contributed by atoms with Crippen molar-refractivity contribution in [2.45, 2.75) is 39.0 Å². The second kappa shape index (κ2) is 6.42. The lowest BCUT2D eigenvalue weighted by molar-refractivity contribution is 0.149. The number of alkyl halides is 2. The Morgan fingerprint density at radius 2 is 1.88 bits per heavy atom. The summed E-state index contributed by atoms with van der Waals surface area (Å²) in [6.45, 7) is 2.31. The fourth-order valence-corrected chi connectivity index (χ4v) is 1.59. The van der Waals surface area contributed by atoms with Gasteiger partial charge in [-0.15, -0.1) is 0 Å². The van der Waals surface area contributed by atoms with Crippen LogP contribution in [0.5, 0.6) is 0 Å². The molecule has 0 atom stereocenters. The molecule has 1 aliphatic carbocycles. The summed E-state index contributed by atoms with van der Waals surface area (Å²) in [7, 11) is 0. The average molecular weight is 242 g/mol. The molecule has 1 aliphatic rings. The summed E-state index contributed by atoms with van der Waals surface area (Å²) in [6, 6.07) is 4.76. The molecule has 2 nitrogen and oxygen atoms in total. The zero-order valence-corrected chi connectivity index (χ0v) is 10.1. The highest BCUT2D eigenvalue weighted by atomic mass is 19.3. The first kappa shape index (κ1) is 13.7. The molecule has 0 amide bonds. The van der Waals surface area contributed by atoms with Crippen LogP contribution in [0.15, 0.2) is 18.2 Å². The number of benzene rings is 1. The number of hydrogen-bond acceptors (Lipinski definition) is 2. The Kier molecular flexibility index (Phi) is 5.19. The van der Waals surface area contributed by atoms with Crippen molar-refractivity contribution in [3.63, 3.8) is 0 Å². The second-order valence-corrected chi connectivity index (χ2v) is 4.55. The van der Waals surface area contributed by atoms with Crippen molar-refractivity contribution in [1.29, 1.82) is 0 Å². The Morgan fingerprint density at radius 1 is 1.29 bits per heavy atom. The van der Waals surface area contributed by atoms with Crippen molar-refractivity contribution in [3.05, 3.63) is 23.8 Å². The summed E-state index contributed by atoms with van der Waals surface area (Å²) < 4.78 is 23.9. The van der Waals surface area contributed by atoms with Crippen LogP contribution in [-0.4, -0.2) is 6.43 Å². The van der Waals surface area contributed by atoms with E-state index < -0.39 is 6.43 Å². The molecule has 0 spiro atoms. The second-order valence-electron chi connectivity index (χ2n) is 4.55. The summed E-state index contributed by atoms with van der Waals surface area (Å²) in [5, 5.41) is 0. The molecule has 96 valence electrons. The van der Waals surface area contributed by atoms with Crippen LogP contribution in [0.1, 0.15) is 31.7 Å². The zero-order valence-electron chi connectivity index (χ0n) is 10.1. The SMILES string of the molecule is CC1CCC1.Nc1cccc(CC(F)F)c1N. The van der Waals surface area contributed by atoms with Gasteiger partial charge in [-0.05, 0) is 17.5 Å². The van der Waals surface area contributed by atoms with Gasteiger partial charge in [-0.25, -0.2) is 8.78 Å². The highest BCUT2D eigenvalue weighted by Crippen LogP contribution is 2.24. The van der Waals surface area contributed by atoms with E-state index in [1.165, 1.54) is 19.3 Å². The van der Waals surface area contributed by atoms with Gasteiger partial charge < -0.3 is 11.5 Å². The average Bonchev–Trinajstić information content (AvgIpc) is 2.22. The Bertz CT molecular complexity index is 349. The minimum absolute atomic E-state index is 0.262. The Hall–Kier alpha value is -1.32. The molecule has 0 radical (unpaired) electrons. The van der Waals surface area contributed by atoms with Crippen molar-refractivity contribution in [2.75, 3.05) is 11.5 Å². The molecule has 17 heavy (non-hydrogen) atoms. The quantitative estimate of drug-likeness (QED) is 0.780. The molecule has 1 aromatic carbocycles. The van der Waals surface area contributed by atoms with Crippen LogP contribution >= 0.6 is 0 Å². The normalized spacial score (nSPS) is 15.1. The third-order valence-corrected chi connectivity index (χ3v) is 3.00. The summed E-state index contributed by atoms with van der Waals surface area (Å²) >= 11 is 0. The third kappa shape index (κ3) is 4.59. The Labute approximate surface area is 101 Å². The number of para-hydroxylation sites is 1. The molecule has 1 saturated carbocycles. The third-order valence-electron chi connectivity index (χ3n) is 3.00. The number of anilines is 2. The maximum atomic E-state index is 11.9. The molecule has 0 aliphatic heterocycles. The van der Waals surface area contributed by atoms with E-state index in [-0.39, 0.29) is 12.1 Å². The maximum Gasteiger partial charge on any atom is 0.242 e. The van der Waals surface area contributed by atoms with Crippen LogP contribution in [0.25, 0.3) is 0 Å². The number of rotatable bonds is 2. The highest BCUT2D eigenvalue weighted by molar-refractivity contribution is 5.67. The lowest BCUT2D eigenvalue weighted by Gasteiger charge is -2.18. The van der Waals surface area contributed by atoms with Gasteiger partial charge in [0.15, 0.2) is 0 Å². The Morgan fingerprint density at radius 3 is 2.29 bits per heavy atom. The van der Waals surface area contributed by atoms with Crippen LogP contribution in [0.2, 0.25) is 0 Å². The van der Waals surface area contributed by atoms with Crippen LogP contribution in [-0.2, 0) is 6.42 Å². The standard InChI is InChI=1S/C8H10F2N2.C5H10/c9-7(10)4-5-2-1-3-6(11)8(5)12;1-5-3-2-4-5/h1-3,7H,4,11-12H2;5H,2-4H2,1H3. The van der Waals surface area contributed by atoms with Crippen LogP contribution in [0.3, 0.4) is 0 Å². The van der Waals surface area contributed by atoms with Crippen molar-refractivity contribution >= 4 is 11.4 Å². The monoisotopic (exact) mass is 242 g/mol. The van der Waals surface area contributed by atoms with Crippen LogP contribution < -0.4 is 11.5 Å². The van der Waals surface area contributed by atoms with Crippen molar-refractivity contribution in [3.8, 4) is 0 Å². The smallest absolute Gasteiger partial charge is 0.242 e. The van der Waals surface area contributed by atoms with Gasteiger partial charge in [0, 0.05) is 6.42 Å². The first-order chi connectivity index (χ1) is 8.00. The highest BCUT2D eigenvalue weighted by Gasteiger charge is 2.09. The molecule has 4 heteroatoms. The van der Waals surface area contributed by atoms with Gasteiger partial charge in [-0.1, -0.05) is 38.3 Å². The van der Waals surface area contributed by atoms with Crippen molar-refractivity contribution in [2.24, 2.45) is 5.92 Å². The molecule has 0 saturated heterocycles. The predicted octanol–water partition coefficient (Wildman–Crippen LogP) is 3.47. The summed E-state index contributed by atoms with van der Waals surface area (Å²) in [5.74, 6) is 1.06. The molecule has 0 bridgehead atoms. The molecule has 4 N–H and O–H groups in total. The van der Waals surface area contributed by atoms with E-state index in [1.54, 1.807) is 18.2 Å². The van der Waals surface area contributed by atoms with Crippen molar-refractivity contribution < 1.29 is 8.78 Å². The van der Waals surface area contributed by atoms with E-state index in [9.17, 15) is 8.78 Å². The minimum atomic E-state index is -2.38. The zero-order chi connectivity index (χ0) is 12.8. The van der Waals surface area contributed by atoms with Gasteiger partial charge >= 0.3 is 0 Å². The van der Waals surface area contributed by atoms with E-state index in [0.29, 0.717) is 11.3 Å². The number of nitrogen functional groups attached to an aromatic ring is 2. The molecule has 0 aromatic heterocycles. The molecular formula is C13H20F2N2. The summed E-state index contributed by atoms with van der Waals surface area (Å²) in [4.78, 5) is 0. The van der Waals surface area contributed by atoms with Gasteiger partial charge in [0.05, 0.1) is 11.4 Å². The van der Waals surface area contributed by atoms with Gasteiger partial charge in [-0.3, -0.25) is 0 Å². The molecule has 1 aromatic rings. The maximum absolute atomic E-state index is 11.9. The van der Waals surface area contributed by atoms with Crippen LogP contribution in [0, 0.1) is 5.92 Å². The largest absolute Gasteiger partial charge is 0.397 e. The molecule has 2 rings (SSSR count). The van der Waals surface area contributed by atoms with Gasteiger partial charge in [-0.2, -0.15) is 0 Å². The van der Waals surface area contributed by atoms with E-state index in [4.69, 9.17) is 11.5 Å². The molecular weight excluding hydrogens is 222 g/mol. The lowest BCUT2D eigenvalue weighted by atomic mass is 9.88.